The van der Waals surface area contributed by atoms with Crippen molar-refractivity contribution >= 4 is 0 Å². The first-order valence-electron chi connectivity index (χ1n) is 8.72. The van der Waals surface area contributed by atoms with Gasteiger partial charge in [-0.1, -0.05) is 51.1 Å². The van der Waals surface area contributed by atoms with Crippen LogP contribution in [0.2, 0.25) is 0 Å². The fourth-order valence-electron chi connectivity index (χ4n) is 3.45. The van der Waals surface area contributed by atoms with Gasteiger partial charge in [-0.25, -0.2) is 0 Å². The summed E-state index contributed by atoms with van der Waals surface area (Å²) >= 11 is 0. The van der Waals surface area contributed by atoms with Gasteiger partial charge in [0.1, 0.15) is 0 Å². The number of rotatable bonds is 7. The van der Waals surface area contributed by atoms with Crippen LogP contribution in [0.1, 0.15) is 51.6 Å². The monoisotopic (exact) mass is 288 g/mol. The molecule has 1 saturated heterocycles. The van der Waals surface area contributed by atoms with Crippen molar-refractivity contribution in [3.8, 4) is 0 Å². The molecule has 1 atom stereocenters. The molecule has 1 N–H and O–H groups in total. The fourth-order valence-corrected chi connectivity index (χ4v) is 3.45. The van der Waals surface area contributed by atoms with E-state index in [9.17, 15) is 0 Å². The molecule has 0 aliphatic carbocycles. The van der Waals surface area contributed by atoms with Gasteiger partial charge in [0, 0.05) is 12.6 Å². The lowest BCUT2D eigenvalue weighted by Gasteiger charge is -2.39. The number of piperidine rings is 1. The quantitative estimate of drug-likeness (QED) is 0.760. The lowest BCUT2D eigenvalue weighted by molar-refractivity contribution is 0.113. The molecule has 1 heterocycles. The van der Waals surface area contributed by atoms with E-state index < -0.39 is 0 Å². The third kappa shape index (κ3) is 4.82. The van der Waals surface area contributed by atoms with E-state index in [1.165, 1.54) is 37.9 Å². The Bertz CT molecular complexity index is 380. The summed E-state index contributed by atoms with van der Waals surface area (Å²) in [7, 11) is 0. The number of hydrogen-bond acceptors (Lipinski definition) is 2. The summed E-state index contributed by atoms with van der Waals surface area (Å²) in [4.78, 5) is 2.69. The minimum atomic E-state index is 0.533. The van der Waals surface area contributed by atoms with E-state index in [0.29, 0.717) is 6.04 Å². The number of nitrogens with one attached hydrogen (secondary N) is 1. The molecule has 118 valence electrons. The van der Waals surface area contributed by atoms with Gasteiger partial charge in [0.15, 0.2) is 0 Å². The summed E-state index contributed by atoms with van der Waals surface area (Å²) in [5, 5.41) is 3.62. The predicted octanol–water partition coefficient (Wildman–Crippen LogP) is 4.10. The lowest BCUT2D eigenvalue weighted by Crippen LogP contribution is -2.41. The Morgan fingerprint density at radius 2 is 1.81 bits per heavy atom. The summed E-state index contributed by atoms with van der Waals surface area (Å²) in [5.74, 6) is 1.75. The van der Waals surface area contributed by atoms with Gasteiger partial charge in [-0.05, 0) is 56.3 Å². The van der Waals surface area contributed by atoms with Crippen LogP contribution < -0.4 is 5.32 Å². The molecular formula is C19H32N2. The van der Waals surface area contributed by atoms with Crippen LogP contribution in [-0.2, 0) is 0 Å². The summed E-state index contributed by atoms with van der Waals surface area (Å²) in [6.45, 7) is 11.7. The van der Waals surface area contributed by atoms with Gasteiger partial charge in [-0.3, -0.25) is 4.90 Å². The van der Waals surface area contributed by atoms with Crippen LogP contribution in [0.15, 0.2) is 30.3 Å². The Kier molecular flexibility index (Phi) is 6.72. The van der Waals surface area contributed by atoms with Crippen LogP contribution in [-0.4, -0.2) is 31.1 Å². The first kappa shape index (κ1) is 16.5. The summed E-state index contributed by atoms with van der Waals surface area (Å²) in [6, 6.07) is 11.6. The van der Waals surface area contributed by atoms with Gasteiger partial charge in [0.25, 0.3) is 0 Å². The molecule has 1 aliphatic heterocycles. The third-order valence-electron chi connectivity index (χ3n) is 4.91. The Morgan fingerprint density at radius 1 is 1.14 bits per heavy atom. The molecule has 1 aromatic carbocycles. The zero-order valence-electron chi connectivity index (χ0n) is 14.0. The zero-order valence-corrected chi connectivity index (χ0v) is 14.0. The Balaban J connectivity index is 1.99. The smallest absolute Gasteiger partial charge is 0.0472 e. The second-order valence-corrected chi connectivity index (χ2v) is 6.75. The number of nitrogens with zero attached hydrogens (tertiary/aromatic N) is 1. The molecule has 0 amide bonds. The molecule has 0 saturated carbocycles. The highest BCUT2D eigenvalue weighted by Gasteiger charge is 2.26. The van der Waals surface area contributed by atoms with Gasteiger partial charge < -0.3 is 5.32 Å². The normalized spacial score (nSPS) is 19.0. The van der Waals surface area contributed by atoms with Crippen LogP contribution in [0, 0.1) is 11.8 Å². The highest BCUT2D eigenvalue weighted by atomic mass is 15.2. The van der Waals surface area contributed by atoms with Crippen molar-refractivity contribution in [2.75, 3.05) is 26.2 Å². The summed E-state index contributed by atoms with van der Waals surface area (Å²) in [6.07, 6.45) is 3.92. The van der Waals surface area contributed by atoms with E-state index in [0.717, 1.165) is 24.9 Å². The van der Waals surface area contributed by atoms with Crippen molar-refractivity contribution in [2.45, 2.75) is 46.1 Å². The van der Waals surface area contributed by atoms with Crippen molar-refractivity contribution in [3.05, 3.63) is 35.9 Å². The summed E-state index contributed by atoms with van der Waals surface area (Å²) in [5.41, 5.74) is 1.46. The second-order valence-electron chi connectivity index (χ2n) is 6.75. The van der Waals surface area contributed by atoms with Crippen molar-refractivity contribution in [3.63, 3.8) is 0 Å². The van der Waals surface area contributed by atoms with E-state index in [1.807, 2.05) is 0 Å². The molecular weight excluding hydrogens is 256 g/mol. The first-order chi connectivity index (χ1) is 10.2. The maximum absolute atomic E-state index is 3.62. The minimum absolute atomic E-state index is 0.533. The molecule has 0 radical (unpaired) electrons. The molecule has 2 nitrogen and oxygen atoms in total. The standard InChI is InChI=1S/C19H32N2/c1-4-12-20-15-19(18-8-6-5-7-9-18)21-13-10-17(11-14-21)16(2)3/h5-9,16-17,19-20H,4,10-15H2,1-3H3. The molecule has 21 heavy (non-hydrogen) atoms. The van der Waals surface area contributed by atoms with E-state index in [2.05, 4.69) is 61.3 Å². The van der Waals surface area contributed by atoms with Crippen molar-refractivity contribution < 1.29 is 0 Å². The fraction of sp³-hybridized carbons (Fsp3) is 0.684. The van der Waals surface area contributed by atoms with Crippen LogP contribution in [0.25, 0.3) is 0 Å². The average Bonchev–Trinajstić information content (AvgIpc) is 2.53. The van der Waals surface area contributed by atoms with Crippen LogP contribution in [0.5, 0.6) is 0 Å². The third-order valence-corrected chi connectivity index (χ3v) is 4.91. The van der Waals surface area contributed by atoms with E-state index >= 15 is 0 Å². The molecule has 0 aromatic heterocycles. The van der Waals surface area contributed by atoms with E-state index in [4.69, 9.17) is 0 Å². The average molecular weight is 288 g/mol. The molecule has 2 rings (SSSR count). The van der Waals surface area contributed by atoms with Crippen molar-refractivity contribution in [1.82, 2.24) is 10.2 Å². The minimum Gasteiger partial charge on any atom is -0.315 e. The Hall–Kier alpha value is -0.860. The zero-order chi connectivity index (χ0) is 15.1. The number of hydrogen-bond donors (Lipinski definition) is 1. The maximum Gasteiger partial charge on any atom is 0.0472 e. The molecule has 0 spiro atoms. The molecule has 0 bridgehead atoms. The van der Waals surface area contributed by atoms with Gasteiger partial charge in [0.05, 0.1) is 0 Å². The maximum atomic E-state index is 3.62. The van der Waals surface area contributed by atoms with Gasteiger partial charge in [-0.2, -0.15) is 0 Å². The largest absolute Gasteiger partial charge is 0.315 e. The highest BCUT2D eigenvalue weighted by molar-refractivity contribution is 5.19. The highest BCUT2D eigenvalue weighted by Crippen LogP contribution is 2.29. The number of benzene rings is 1. The van der Waals surface area contributed by atoms with Gasteiger partial charge in [-0.15, -0.1) is 0 Å². The van der Waals surface area contributed by atoms with Gasteiger partial charge >= 0.3 is 0 Å². The van der Waals surface area contributed by atoms with Crippen LogP contribution >= 0.6 is 0 Å². The van der Waals surface area contributed by atoms with Crippen LogP contribution in [0.4, 0.5) is 0 Å². The van der Waals surface area contributed by atoms with Crippen LogP contribution in [0.3, 0.4) is 0 Å². The second kappa shape index (κ2) is 8.55. The lowest BCUT2D eigenvalue weighted by atomic mass is 9.86. The molecule has 1 aliphatic rings. The molecule has 2 heteroatoms. The topological polar surface area (TPSA) is 15.3 Å². The van der Waals surface area contributed by atoms with Crippen molar-refractivity contribution in [2.24, 2.45) is 11.8 Å². The Morgan fingerprint density at radius 3 is 2.38 bits per heavy atom. The summed E-state index contributed by atoms with van der Waals surface area (Å²) < 4.78 is 0. The molecule has 1 aromatic rings. The first-order valence-corrected chi connectivity index (χ1v) is 8.72. The van der Waals surface area contributed by atoms with Gasteiger partial charge in [0.2, 0.25) is 0 Å². The SMILES string of the molecule is CCCNCC(c1ccccc1)N1CCC(C(C)C)CC1. The van der Waals surface area contributed by atoms with E-state index in [1.54, 1.807) is 0 Å². The molecule has 1 fully saturated rings. The van der Waals surface area contributed by atoms with E-state index in [-0.39, 0.29) is 0 Å². The predicted molar refractivity (Wildman–Crippen MR) is 91.5 cm³/mol. The Labute approximate surface area is 130 Å². The number of likely N-dealkylation sites (tertiary alicyclic amines) is 1. The van der Waals surface area contributed by atoms with Crippen molar-refractivity contribution in [1.29, 1.82) is 0 Å². The molecule has 1 unspecified atom stereocenters.